The average molecular weight is 298 g/mol. The molecule has 5 nitrogen and oxygen atoms in total. The number of amides is 2. The molecule has 1 atom stereocenters. The molecule has 1 unspecified atom stereocenters. The van der Waals surface area contributed by atoms with Crippen molar-refractivity contribution in [1.82, 2.24) is 5.12 Å². The Morgan fingerprint density at radius 3 is 1.90 bits per heavy atom. The summed E-state index contributed by atoms with van der Waals surface area (Å²) in [6.07, 6.45) is 15.0. The molecule has 2 rings (SSSR count). The van der Waals surface area contributed by atoms with Crippen molar-refractivity contribution < 1.29 is 4.79 Å². The lowest BCUT2D eigenvalue weighted by Gasteiger charge is -2.44. The van der Waals surface area contributed by atoms with Gasteiger partial charge >= 0.3 is 6.03 Å². The third-order valence-electron chi connectivity index (χ3n) is 5.71. The van der Waals surface area contributed by atoms with Gasteiger partial charge in [-0.05, 0) is 30.1 Å². The van der Waals surface area contributed by atoms with Crippen LogP contribution in [0.25, 0.3) is 0 Å². The molecule has 2 aliphatic carbocycles. The van der Waals surface area contributed by atoms with Gasteiger partial charge in [0.05, 0.1) is 0 Å². The van der Waals surface area contributed by atoms with E-state index in [0.29, 0.717) is 10.5 Å². The van der Waals surface area contributed by atoms with Crippen LogP contribution in [0.1, 0.15) is 78.1 Å². The molecule has 0 heterocycles. The van der Waals surface area contributed by atoms with E-state index in [9.17, 15) is 4.79 Å². The number of urea groups is 1. The van der Waals surface area contributed by atoms with Gasteiger partial charge in [-0.3, -0.25) is 0 Å². The zero-order valence-corrected chi connectivity index (χ0v) is 13.8. The van der Waals surface area contributed by atoms with E-state index in [-0.39, 0.29) is 0 Å². The summed E-state index contributed by atoms with van der Waals surface area (Å²) < 4.78 is 0. The lowest BCUT2D eigenvalue weighted by atomic mass is 9.61. The lowest BCUT2D eigenvalue weighted by molar-refractivity contribution is 0.0675. The van der Waals surface area contributed by atoms with E-state index in [1.54, 1.807) is 0 Å². The first kappa shape index (κ1) is 18.2. The van der Waals surface area contributed by atoms with Crippen LogP contribution in [0.4, 0.5) is 4.79 Å². The molecule has 5 heteroatoms. The Labute approximate surface area is 129 Å². The summed E-state index contributed by atoms with van der Waals surface area (Å²) in [5, 5.41) is 0.306. The minimum absolute atomic E-state index is 0.306. The smallest absolute Gasteiger partial charge is 0.343 e. The first-order valence-electron chi connectivity index (χ1n) is 8.46. The molecule has 0 aromatic rings. The number of hydrazine groups is 2. The van der Waals surface area contributed by atoms with Gasteiger partial charge in [-0.1, -0.05) is 65.2 Å². The molecule has 2 aliphatic rings. The van der Waals surface area contributed by atoms with Gasteiger partial charge in [-0.15, -0.1) is 0 Å². The van der Waals surface area contributed by atoms with Crippen LogP contribution in [-0.2, 0) is 0 Å². The Kier molecular flexibility index (Phi) is 7.46. The van der Waals surface area contributed by atoms with Crippen molar-refractivity contribution in [2.75, 3.05) is 0 Å². The normalized spacial score (nSPS) is 23.6. The van der Waals surface area contributed by atoms with Gasteiger partial charge in [0.15, 0.2) is 0 Å². The molecule has 6 N–H and O–H groups in total. The SMILES string of the molecule is CC(C1CCCCC1)C1(C)CCCCC1.NC(=O)N(N)N. The third-order valence-corrected chi connectivity index (χ3v) is 5.71. The third kappa shape index (κ3) is 5.83. The molecule has 21 heavy (non-hydrogen) atoms. The second-order valence-electron chi connectivity index (χ2n) is 7.15. The first-order valence-corrected chi connectivity index (χ1v) is 8.46. The maximum Gasteiger partial charge on any atom is 0.343 e. The quantitative estimate of drug-likeness (QED) is 0.414. The number of rotatable bonds is 2. The van der Waals surface area contributed by atoms with Crippen LogP contribution in [-0.4, -0.2) is 11.1 Å². The van der Waals surface area contributed by atoms with E-state index in [4.69, 9.17) is 0 Å². The number of primary amides is 1. The maximum absolute atomic E-state index is 9.60. The van der Waals surface area contributed by atoms with Gasteiger partial charge in [-0.25, -0.2) is 16.5 Å². The largest absolute Gasteiger partial charge is 0.349 e. The Hall–Kier alpha value is -0.810. The van der Waals surface area contributed by atoms with Gasteiger partial charge in [-0.2, -0.15) is 5.12 Å². The molecule has 0 aliphatic heterocycles. The van der Waals surface area contributed by atoms with Crippen molar-refractivity contribution in [3.05, 3.63) is 0 Å². The monoisotopic (exact) mass is 298 g/mol. The summed E-state index contributed by atoms with van der Waals surface area (Å²) in [6, 6.07) is -0.852. The highest BCUT2D eigenvalue weighted by molar-refractivity contribution is 5.70. The molecule has 2 saturated carbocycles. The molecule has 124 valence electrons. The molecule has 0 spiro atoms. The van der Waals surface area contributed by atoms with Crippen LogP contribution in [0.15, 0.2) is 0 Å². The van der Waals surface area contributed by atoms with Crippen LogP contribution in [0.2, 0.25) is 0 Å². The van der Waals surface area contributed by atoms with Crippen molar-refractivity contribution >= 4 is 6.03 Å². The Morgan fingerprint density at radius 1 is 1.05 bits per heavy atom. The summed E-state index contributed by atoms with van der Waals surface area (Å²) in [7, 11) is 0. The molecule has 0 aromatic heterocycles. The Morgan fingerprint density at radius 2 is 1.48 bits per heavy atom. The fourth-order valence-electron chi connectivity index (χ4n) is 4.02. The summed E-state index contributed by atoms with van der Waals surface area (Å²) in [5.41, 5.74) is 5.17. The second-order valence-corrected chi connectivity index (χ2v) is 7.15. The second kappa shape index (κ2) is 8.59. The molecule has 0 aromatic carbocycles. The van der Waals surface area contributed by atoms with Crippen molar-refractivity contribution in [3.63, 3.8) is 0 Å². The fourth-order valence-corrected chi connectivity index (χ4v) is 4.02. The van der Waals surface area contributed by atoms with Gasteiger partial charge in [0.25, 0.3) is 0 Å². The van der Waals surface area contributed by atoms with E-state index in [1.165, 1.54) is 64.2 Å². The number of hydrogen-bond acceptors (Lipinski definition) is 3. The molecule has 0 radical (unpaired) electrons. The van der Waals surface area contributed by atoms with Crippen molar-refractivity contribution in [2.45, 2.75) is 78.1 Å². The summed E-state index contributed by atoms with van der Waals surface area (Å²) >= 11 is 0. The van der Waals surface area contributed by atoms with E-state index in [2.05, 4.69) is 31.3 Å². The zero-order chi connectivity index (χ0) is 15.9. The summed E-state index contributed by atoms with van der Waals surface area (Å²) in [4.78, 5) is 9.60. The number of carbonyl (C=O) groups excluding carboxylic acids is 1. The van der Waals surface area contributed by atoms with E-state index >= 15 is 0 Å². The zero-order valence-electron chi connectivity index (χ0n) is 13.8. The number of carbonyl (C=O) groups is 1. The van der Waals surface area contributed by atoms with Crippen LogP contribution in [0.5, 0.6) is 0 Å². The highest BCUT2D eigenvalue weighted by Gasteiger charge is 2.36. The van der Waals surface area contributed by atoms with E-state index < -0.39 is 6.03 Å². The van der Waals surface area contributed by atoms with Crippen molar-refractivity contribution in [2.24, 2.45) is 34.7 Å². The van der Waals surface area contributed by atoms with Crippen LogP contribution in [0.3, 0.4) is 0 Å². The molecular weight excluding hydrogens is 264 g/mol. The minimum atomic E-state index is -0.852. The predicted octanol–water partition coefficient (Wildman–Crippen LogP) is 3.29. The first-order chi connectivity index (χ1) is 9.87. The van der Waals surface area contributed by atoms with Crippen molar-refractivity contribution in [3.8, 4) is 0 Å². The average Bonchev–Trinajstić information content (AvgIpc) is 2.48. The number of hydrogen-bond donors (Lipinski definition) is 3. The molecule has 2 amide bonds. The van der Waals surface area contributed by atoms with Crippen LogP contribution >= 0.6 is 0 Å². The van der Waals surface area contributed by atoms with Crippen molar-refractivity contribution in [1.29, 1.82) is 0 Å². The van der Waals surface area contributed by atoms with Gasteiger partial charge < -0.3 is 5.73 Å². The number of nitrogens with two attached hydrogens (primary N) is 3. The van der Waals surface area contributed by atoms with Gasteiger partial charge in [0.1, 0.15) is 0 Å². The molecule has 0 bridgehead atoms. The van der Waals surface area contributed by atoms with Gasteiger partial charge in [0.2, 0.25) is 0 Å². The molecule has 0 saturated heterocycles. The number of nitrogens with zero attached hydrogens (tertiary/aromatic N) is 1. The minimum Gasteiger partial charge on any atom is -0.349 e. The Bertz CT molecular complexity index is 307. The molecular formula is C16H34N4O. The maximum atomic E-state index is 9.60. The van der Waals surface area contributed by atoms with E-state index in [1.807, 2.05) is 0 Å². The standard InChI is InChI=1S/C15H28.CH6N4O/c1-13(14-9-5-3-6-10-14)15(2)11-7-4-8-12-15;2-1(6)5(3)4/h13-14H,3-12H2,1-2H3;3-4H2,(H2,2,6). The lowest BCUT2D eigenvalue weighted by Crippen LogP contribution is -2.46. The topological polar surface area (TPSA) is 98.4 Å². The fraction of sp³-hybridized carbons (Fsp3) is 0.938. The van der Waals surface area contributed by atoms with E-state index in [0.717, 1.165) is 11.8 Å². The van der Waals surface area contributed by atoms with Crippen LogP contribution in [0, 0.1) is 17.3 Å². The van der Waals surface area contributed by atoms with Gasteiger partial charge in [0, 0.05) is 0 Å². The Balaban J connectivity index is 0.000000315. The van der Waals surface area contributed by atoms with Crippen LogP contribution < -0.4 is 17.4 Å². The molecule has 2 fully saturated rings. The summed E-state index contributed by atoms with van der Waals surface area (Å²) in [6.45, 7) is 5.13. The highest BCUT2D eigenvalue weighted by atomic mass is 16.2. The highest BCUT2D eigenvalue weighted by Crippen LogP contribution is 2.47. The predicted molar refractivity (Wildman–Crippen MR) is 86.7 cm³/mol. The summed E-state index contributed by atoms with van der Waals surface area (Å²) in [5.74, 6) is 11.2.